The molecule has 2 saturated heterocycles. The highest BCUT2D eigenvalue weighted by atomic mass is 35.5. The van der Waals surface area contributed by atoms with Crippen molar-refractivity contribution in [3.05, 3.63) is 34.6 Å². The molecule has 2 fully saturated rings. The fourth-order valence-corrected chi connectivity index (χ4v) is 3.77. The Balaban J connectivity index is 1.79. The quantitative estimate of drug-likeness (QED) is 0.905. The standard InChI is InChI=1S/C17H19ClFNO4/c1-9-11(17(22)23)4-6-20(9)16(21)12-5-7-24-15(12)10-2-3-13(18)14(19)8-10/h2-3,8-9,11-12,15H,4-7H2,1H3,(H,22,23)/t9?,11?,12-,15+/m1/s1. The molecule has 0 saturated carbocycles. The number of carboxylic acids is 1. The number of nitrogens with zero attached hydrogens (tertiary/aromatic N) is 1. The fraction of sp³-hybridized carbons (Fsp3) is 0.529. The number of ether oxygens (including phenoxy) is 1. The van der Waals surface area contributed by atoms with Crippen LogP contribution in [-0.4, -0.2) is 41.1 Å². The van der Waals surface area contributed by atoms with Gasteiger partial charge >= 0.3 is 5.97 Å². The molecular weight excluding hydrogens is 337 g/mol. The van der Waals surface area contributed by atoms with E-state index in [4.69, 9.17) is 16.3 Å². The lowest BCUT2D eigenvalue weighted by atomic mass is 9.93. The van der Waals surface area contributed by atoms with Crippen LogP contribution >= 0.6 is 11.6 Å². The smallest absolute Gasteiger partial charge is 0.308 e. The molecule has 1 amide bonds. The van der Waals surface area contributed by atoms with Crippen molar-refractivity contribution in [2.75, 3.05) is 13.2 Å². The molecule has 0 spiro atoms. The Morgan fingerprint density at radius 3 is 2.71 bits per heavy atom. The van der Waals surface area contributed by atoms with Crippen molar-refractivity contribution in [1.82, 2.24) is 4.90 Å². The first kappa shape index (κ1) is 17.2. The highest BCUT2D eigenvalue weighted by Crippen LogP contribution is 2.38. The van der Waals surface area contributed by atoms with E-state index in [9.17, 15) is 19.1 Å². The predicted molar refractivity (Wildman–Crippen MR) is 85.1 cm³/mol. The van der Waals surface area contributed by atoms with Crippen LogP contribution in [0.4, 0.5) is 4.39 Å². The fourth-order valence-electron chi connectivity index (χ4n) is 3.65. The van der Waals surface area contributed by atoms with Gasteiger partial charge in [-0.05, 0) is 37.5 Å². The molecule has 2 aliphatic rings. The van der Waals surface area contributed by atoms with Crippen molar-refractivity contribution in [2.24, 2.45) is 11.8 Å². The third-order valence-corrected chi connectivity index (χ3v) is 5.34. The normalized spacial score (nSPS) is 29.9. The second kappa shape index (κ2) is 6.69. The number of amides is 1. The van der Waals surface area contributed by atoms with Crippen LogP contribution in [0.2, 0.25) is 5.02 Å². The van der Waals surface area contributed by atoms with Crippen LogP contribution in [0.5, 0.6) is 0 Å². The predicted octanol–water partition coefficient (Wildman–Crippen LogP) is 2.88. The first-order valence-electron chi connectivity index (χ1n) is 8.00. The molecule has 2 unspecified atom stereocenters. The topological polar surface area (TPSA) is 66.8 Å². The van der Waals surface area contributed by atoms with Gasteiger partial charge in [0.2, 0.25) is 5.91 Å². The zero-order chi connectivity index (χ0) is 17.4. The molecule has 4 atom stereocenters. The summed E-state index contributed by atoms with van der Waals surface area (Å²) in [5, 5.41) is 9.24. The lowest BCUT2D eigenvalue weighted by molar-refractivity contribution is -0.144. The summed E-state index contributed by atoms with van der Waals surface area (Å²) < 4.78 is 19.4. The lowest BCUT2D eigenvalue weighted by Crippen LogP contribution is -2.41. The molecule has 0 aromatic heterocycles. The average Bonchev–Trinajstić information content (AvgIpc) is 3.16. The Kier molecular flexibility index (Phi) is 4.78. The van der Waals surface area contributed by atoms with Gasteiger partial charge in [-0.15, -0.1) is 0 Å². The first-order valence-corrected chi connectivity index (χ1v) is 8.37. The van der Waals surface area contributed by atoms with Crippen molar-refractivity contribution in [3.8, 4) is 0 Å². The highest BCUT2D eigenvalue weighted by Gasteiger charge is 2.44. The number of carbonyl (C=O) groups is 2. The molecule has 0 aliphatic carbocycles. The largest absolute Gasteiger partial charge is 0.481 e. The van der Waals surface area contributed by atoms with Gasteiger partial charge in [0.1, 0.15) is 5.82 Å². The third kappa shape index (κ3) is 3.00. The van der Waals surface area contributed by atoms with Crippen LogP contribution in [0.1, 0.15) is 31.4 Å². The summed E-state index contributed by atoms with van der Waals surface area (Å²) in [6.07, 6.45) is 0.463. The number of halogens is 2. The van der Waals surface area contributed by atoms with E-state index >= 15 is 0 Å². The minimum Gasteiger partial charge on any atom is -0.481 e. The molecule has 1 aromatic carbocycles. The van der Waals surface area contributed by atoms with Gasteiger partial charge in [0.15, 0.2) is 0 Å². The van der Waals surface area contributed by atoms with Gasteiger partial charge in [0, 0.05) is 19.2 Å². The third-order valence-electron chi connectivity index (χ3n) is 5.04. The zero-order valence-electron chi connectivity index (χ0n) is 13.2. The summed E-state index contributed by atoms with van der Waals surface area (Å²) in [6, 6.07) is 4.06. The van der Waals surface area contributed by atoms with Gasteiger partial charge < -0.3 is 14.7 Å². The number of rotatable bonds is 3. The van der Waals surface area contributed by atoms with Crippen molar-refractivity contribution < 1.29 is 23.8 Å². The second-order valence-electron chi connectivity index (χ2n) is 6.37. The van der Waals surface area contributed by atoms with E-state index in [1.807, 2.05) is 0 Å². The van der Waals surface area contributed by atoms with E-state index in [1.54, 1.807) is 17.9 Å². The van der Waals surface area contributed by atoms with Crippen molar-refractivity contribution in [3.63, 3.8) is 0 Å². The Labute approximate surface area is 144 Å². The number of hydrogen-bond acceptors (Lipinski definition) is 3. The second-order valence-corrected chi connectivity index (χ2v) is 6.77. The van der Waals surface area contributed by atoms with E-state index in [0.717, 1.165) is 0 Å². The maximum atomic E-state index is 13.7. The minimum absolute atomic E-state index is 0.0251. The maximum Gasteiger partial charge on any atom is 0.308 e. The molecule has 130 valence electrons. The number of carboxylic acid groups (broad SMARTS) is 1. The minimum atomic E-state index is -0.878. The van der Waals surface area contributed by atoms with Crippen molar-refractivity contribution in [2.45, 2.75) is 31.9 Å². The van der Waals surface area contributed by atoms with Crippen LogP contribution in [0.3, 0.4) is 0 Å². The summed E-state index contributed by atoms with van der Waals surface area (Å²) in [6.45, 7) is 2.60. The monoisotopic (exact) mass is 355 g/mol. The summed E-state index contributed by atoms with van der Waals surface area (Å²) in [5.41, 5.74) is 0.578. The average molecular weight is 356 g/mol. The SMILES string of the molecule is CC1C(C(=O)O)CCN1C(=O)[C@@H]1CCO[C@H]1c1ccc(Cl)c(F)c1. The Morgan fingerprint density at radius 2 is 2.08 bits per heavy atom. The van der Waals surface area contributed by atoms with Crippen LogP contribution in [0.15, 0.2) is 18.2 Å². The summed E-state index contributed by atoms with van der Waals surface area (Å²) >= 11 is 5.71. The van der Waals surface area contributed by atoms with Gasteiger partial charge in [-0.25, -0.2) is 4.39 Å². The summed E-state index contributed by atoms with van der Waals surface area (Å²) in [5.74, 6) is -2.51. The van der Waals surface area contributed by atoms with Crippen LogP contribution < -0.4 is 0 Å². The molecular formula is C17H19ClFNO4. The van der Waals surface area contributed by atoms with Gasteiger partial charge in [-0.2, -0.15) is 0 Å². The molecule has 5 nitrogen and oxygen atoms in total. The number of benzene rings is 1. The molecule has 0 radical (unpaired) electrons. The van der Waals surface area contributed by atoms with Crippen LogP contribution in [0, 0.1) is 17.7 Å². The van der Waals surface area contributed by atoms with E-state index in [-0.39, 0.29) is 17.0 Å². The number of likely N-dealkylation sites (tertiary alicyclic amines) is 1. The van der Waals surface area contributed by atoms with E-state index in [0.29, 0.717) is 31.6 Å². The van der Waals surface area contributed by atoms with Crippen molar-refractivity contribution >= 4 is 23.5 Å². The van der Waals surface area contributed by atoms with Gasteiger partial charge in [0.25, 0.3) is 0 Å². The number of aliphatic carboxylic acids is 1. The molecule has 0 bridgehead atoms. The summed E-state index contributed by atoms with van der Waals surface area (Å²) in [4.78, 5) is 25.8. The van der Waals surface area contributed by atoms with Crippen LogP contribution in [0.25, 0.3) is 0 Å². The summed E-state index contributed by atoms with van der Waals surface area (Å²) in [7, 11) is 0. The van der Waals surface area contributed by atoms with Crippen molar-refractivity contribution in [1.29, 1.82) is 0 Å². The highest BCUT2D eigenvalue weighted by molar-refractivity contribution is 6.30. The van der Waals surface area contributed by atoms with Gasteiger partial charge in [0.05, 0.1) is 23.0 Å². The molecule has 1 aromatic rings. The first-order chi connectivity index (χ1) is 11.4. The number of carbonyl (C=O) groups excluding carboxylic acids is 1. The zero-order valence-corrected chi connectivity index (χ0v) is 14.0. The molecule has 24 heavy (non-hydrogen) atoms. The Hall–Kier alpha value is -1.66. The molecule has 3 rings (SSSR count). The van der Waals surface area contributed by atoms with E-state index < -0.39 is 29.7 Å². The van der Waals surface area contributed by atoms with Crippen LogP contribution in [-0.2, 0) is 14.3 Å². The van der Waals surface area contributed by atoms with Gasteiger partial charge in [-0.1, -0.05) is 17.7 Å². The molecule has 7 heteroatoms. The molecule has 2 heterocycles. The number of hydrogen-bond donors (Lipinski definition) is 1. The van der Waals surface area contributed by atoms with E-state index in [1.165, 1.54) is 12.1 Å². The molecule has 1 N–H and O–H groups in total. The lowest BCUT2D eigenvalue weighted by Gasteiger charge is -2.28. The Bertz CT molecular complexity index is 668. The molecule has 2 aliphatic heterocycles. The maximum absolute atomic E-state index is 13.7. The Morgan fingerprint density at radius 1 is 1.33 bits per heavy atom. The van der Waals surface area contributed by atoms with E-state index in [2.05, 4.69) is 0 Å². The van der Waals surface area contributed by atoms with Gasteiger partial charge in [-0.3, -0.25) is 9.59 Å².